The molecule has 0 saturated heterocycles. The summed E-state index contributed by atoms with van der Waals surface area (Å²) >= 11 is 0. The van der Waals surface area contributed by atoms with Gasteiger partial charge in [0.1, 0.15) is 0 Å². The van der Waals surface area contributed by atoms with Crippen molar-refractivity contribution in [2.24, 2.45) is 0 Å². The topological polar surface area (TPSA) is 67.2 Å². The van der Waals surface area contributed by atoms with Crippen LogP contribution in [0.5, 0.6) is 0 Å². The number of aliphatic hydroxyl groups is 3. The second kappa shape index (κ2) is 33.7. The van der Waals surface area contributed by atoms with Crippen molar-refractivity contribution in [3.63, 3.8) is 0 Å². The highest BCUT2D eigenvalue weighted by Crippen LogP contribution is 2.16. The van der Waals surface area contributed by atoms with Crippen LogP contribution >= 0.6 is 0 Å². The number of rotatable bonds is 29. The van der Waals surface area contributed by atoms with E-state index in [-0.39, 0.29) is 29.2 Å². The average Bonchev–Trinajstić information content (AvgIpc) is 2.87. The summed E-state index contributed by atoms with van der Waals surface area (Å²) in [6, 6.07) is 0. The molecule has 0 aromatic rings. The van der Waals surface area contributed by atoms with Gasteiger partial charge in [-0.1, -0.05) is 110 Å². The SMILES string of the molecule is CCCCCCCCCCCCCCCCCCN(CCCO)C(CC)N(CCCO)CCCO.F.F. The van der Waals surface area contributed by atoms with Crippen molar-refractivity contribution in [1.82, 2.24) is 9.80 Å². The van der Waals surface area contributed by atoms with Crippen LogP contribution in [-0.2, 0) is 0 Å². The lowest BCUT2D eigenvalue weighted by Crippen LogP contribution is -2.50. The Hall–Kier alpha value is -0.340. The monoisotopic (exact) mass is 541 g/mol. The van der Waals surface area contributed by atoms with E-state index in [9.17, 15) is 15.3 Å². The van der Waals surface area contributed by atoms with Crippen LogP contribution < -0.4 is 0 Å². The Morgan fingerprint density at radius 2 is 0.676 bits per heavy atom. The van der Waals surface area contributed by atoms with E-state index in [1.54, 1.807) is 0 Å². The Bertz CT molecular complexity index is 401. The fraction of sp³-hybridized carbons (Fsp3) is 1.00. The zero-order chi connectivity index (χ0) is 25.8. The van der Waals surface area contributed by atoms with Crippen LogP contribution in [0.2, 0.25) is 0 Å². The van der Waals surface area contributed by atoms with Crippen molar-refractivity contribution in [2.75, 3.05) is 46.0 Å². The molecule has 0 aromatic heterocycles. The summed E-state index contributed by atoms with van der Waals surface area (Å²) in [5, 5.41) is 28.0. The molecule has 0 aromatic carbocycles. The predicted molar refractivity (Wildman–Crippen MR) is 157 cm³/mol. The smallest absolute Gasteiger partial charge is 0.0619 e. The normalized spacial score (nSPS) is 12.1. The van der Waals surface area contributed by atoms with E-state index in [0.717, 1.165) is 51.9 Å². The minimum atomic E-state index is 0. The molecule has 228 valence electrons. The molecular weight excluding hydrogens is 474 g/mol. The van der Waals surface area contributed by atoms with Gasteiger partial charge in [0.15, 0.2) is 0 Å². The largest absolute Gasteiger partial charge is 0.396 e. The molecule has 0 aliphatic carbocycles. The molecule has 7 heteroatoms. The van der Waals surface area contributed by atoms with Crippen LogP contribution in [-0.4, -0.2) is 77.3 Å². The van der Waals surface area contributed by atoms with Crippen molar-refractivity contribution in [3.8, 4) is 0 Å². The third kappa shape index (κ3) is 25.7. The van der Waals surface area contributed by atoms with Crippen LogP contribution in [0.15, 0.2) is 0 Å². The molecule has 0 radical (unpaired) electrons. The van der Waals surface area contributed by atoms with E-state index >= 15 is 0 Å². The first-order chi connectivity index (χ1) is 17.2. The van der Waals surface area contributed by atoms with E-state index in [1.165, 1.54) is 103 Å². The van der Waals surface area contributed by atoms with Crippen LogP contribution in [0, 0.1) is 0 Å². The number of nitrogens with zero attached hydrogens (tertiary/aromatic N) is 2. The van der Waals surface area contributed by atoms with Gasteiger partial charge in [0.05, 0.1) is 6.17 Å². The lowest BCUT2D eigenvalue weighted by atomic mass is 10.0. The maximum atomic E-state index is 9.40. The van der Waals surface area contributed by atoms with Crippen LogP contribution in [0.3, 0.4) is 0 Å². The fourth-order valence-corrected chi connectivity index (χ4v) is 5.25. The Morgan fingerprint density at radius 3 is 0.946 bits per heavy atom. The first-order valence-electron chi connectivity index (χ1n) is 15.6. The molecule has 3 N–H and O–H groups in total. The maximum absolute atomic E-state index is 9.40. The fourth-order valence-electron chi connectivity index (χ4n) is 5.25. The number of hydrogen-bond donors (Lipinski definition) is 3. The summed E-state index contributed by atoms with van der Waals surface area (Å²) in [6.45, 7) is 8.90. The predicted octanol–water partition coefficient (Wildman–Crippen LogP) is 7.04. The zero-order valence-corrected chi connectivity index (χ0v) is 24.7. The van der Waals surface area contributed by atoms with Gasteiger partial charge in [-0.15, -0.1) is 0 Å². The van der Waals surface area contributed by atoms with E-state index in [1.807, 2.05) is 0 Å². The summed E-state index contributed by atoms with van der Waals surface area (Å²) in [5.74, 6) is 0. The lowest BCUT2D eigenvalue weighted by molar-refractivity contribution is 0.0259. The second-order valence-electron chi connectivity index (χ2n) is 10.5. The highest BCUT2D eigenvalue weighted by molar-refractivity contribution is 4.73. The summed E-state index contributed by atoms with van der Waals surface area (Å²) in [6.07, 6.45) is 26.0. The number of hydrogen-bond acceptors (Lipinski definition) is 5. The van der Waals surface area contributed by atoms with E-state index in [2.05, 4.69) is 23.6 Å². The third-order valence-corrected chi connectivity index (χ3v) is 7.32. The Morgan fingerprint density at radius 1 is 0.405 bits per heavy atom. The summed E-state index contributed by atoms with van der Waals surface area (Å²) < 4.78 is 0. The molecule has 0 amide bonds. The summed E-state index contributed by atoms with van der Waals surface area (Å²) in [7, 11) is 0. The van der Waals surface area contributed by atoms with Crippen molar-refractivity contribution in [3.05, 3.63) is 0 Å². The minimum absolute atomic E-state index is 0. The molecule has 0 bridgehead atoms. The number of unbranched alkanes of at least 4 members (excludes halogenated alkanes) is 15. The van der Waals surface area contributed by atoms with Gasteiger partial charge in [-0.2, -0.15) is 0 Å². The quantitative estimate of drug-likeness (QED) is 0.0701. The third-order valence-electron chi connectivity index (χ3n) is 7.32. The molecule has 0 aliphatic heterocycles. The van der Waals surface area contributed by atoms with Gasteiger partial charge in [0.25, 0.3) is 0 Å². The summed E-state index contributed by atoms with van der Waals surface area (Å²) in [4.78, 5) is 4.96. The molecule has 0 saturated carbocycles. The first kappa shape index (κ1) is 41.1. The van der Waals surface area contributed by atoms with Gasteiger partial charge < -0.3 is 15.3 Å². The van der Waals surface area contributed by atoms with Gasteiger partial charge >= 0.3 is 0 Å². The molecule has 0 aliphatic rings. The summed E-state index contributed by atoms with van der Waals surface area (Å²) in [5.41, 5.74) is 0. The molecule has 5 nitrogen and oxygen atoms in total. The molecule has 0 fully saturated rings. The highest BCUT2D eigenvalue weighted by Gasteiger charge is 2.22. The Labute approximate surface area is 229 Å². The molecule has 0 heterocycles. The van der Waals surface area contributed by atoms with E-state index in [4.69, 9.17) is 0 Å². The van der Waals surface area contributed by atoms with Crippen molar-refractivity contribution >= 4 is 0 Å². The Kier molecular flexibility index (Phi) is 37.5. The van der Waals surface area contributed by atoms with Crippen LogP contribution in [0.4, 0.5) is 9.41 Å². The molecule has 0 spiro atoms. The van der Waals surface area contributed by atoms with Crippen LogP contribution in [0.25, 0.3) is 0 Å². The average molecular weight is 541 g/mol. The zero-order valence-electron chi connectivity index (χ0n) is 24.7. The van der Waals surface area contributed by atoms with E-state index < -0.39 is 0 Å². The Balaban J connectivity index is -0.00000578. The molecule has 0 rings (SSSR count). The van der Waals surface area contributed by atoms with Crippen molar-refractivity contribution in [2.45, 2.75) is 148 Å². The number of halogens is 2. The lowest BCUT2D eigenvalue weighted by Gasteiger charge is -2.39. The van der Waals surface area contributed by atoms with Gasteiger partial charge in [-0.05, 0) is 38.6 Å². The first-order valence-corrected chi connectivity index (χ1v) is 15.6. The standard InChI is InChI=1S/C30H64N2O3.2FH/c1-3-5-6-7-8-9-10-11-12-13-14-15-16-17-18-19-23-31(24-20-27-33)30(4-2)32(25-21-28-34)26-22-29-35;;/h30,33-35H,3-29H2,1-2H3;2*1H. The second-order valence-corrected chi connectivity index (χ2v) is 10.5. The van der Waals surface area contributed by atoms with Gasteiger partial charge in [0.2, 0.25) is 0 Å². The van der Waals surface area contributed by atoms with Crippen LogP contribution in [0.1, 0.15) is 142 Å². The maximum Gasteiger partial charge on any atom is 0.0619 e. The molecule has 1 atom stereocenters. The van der Waals surface area contributed by atoms with Gasteiger partial charge in [-0.25, -0.2) is 0 Å². The number of aliphatic hydroxyl groups excluding tert-OH is 3. The van der Waals surface area contributed by atoms with Gasteiger partial charge in [-0.3, -0.25) is 19.2 Å². The minimum Gasteiger partial charge on any atom is -0.396 e. The molecule has 37 heavy (non-hydrogen) atoms. The molecular formula is C30H66F2N2O3. The highest BCUT2D eigenvalue weighted by atomic mass is 19.0. The van der Waals surface area contributed by atoms with Crippen molar-refractivity contribution in [1.29, 1.82) is 0 Å². The molecule has 1 unspecified atom stereocenters. The van der Waals surface area contributed by atoms with Gasteiger partial charge in [0, 0.05) is 39.5 Å². The van der Waals surface area contributed by atoms with Crippen molar-refractivity contribution < 1.29 is 24.7 Å². The van der Waals surface area contributed by atoms with E-state index in [0.29, 0.717) is 6.17 Å².